The fourth-order valence-corrected chi connectivity index (χ4v) is 3.02. The van der Waals surface area contributed by atoms with Crippen LogP contribution in [0, 0.1) is 6.92 Å². The van der Waals surface area contributed by atoms with E-state index in [0.29, 0.717) is 32.9 Å². The zero-order valence-electron chi connectivity index (χ0n) is 14.6. The Bertz CT molecular complexity index is 1190. The van der Waals surface area contributed by atoms with Gasteiger partial charge in [0, 0.05) is 16.3 Å². The first-order valence-electron chi connectivity index (χ1n) is 8.32. The van der Waals surface area contributed by atoms with Crippen molar-refractivity contribution >= 4 is 46.3 Å². The Morgan fingerprint density at radius 2 is 1.86 bits per heavy atom. The summed E-state index contributed by atoms with van der Waals surface area (Å²) in [5, 5.41) is 18.9. The molecule has 0 fully saturated rings. The largest absolute Gasteiger partial charge is 0.323 e. The lowest BCUT2D eigenvalue weighted by molar-refractivity contribution is 0.262. The van der Waals surface area contributed by atoms with E-state index in [1.54, 1.807) is 28.8 Å². The summed E-state index contributed by atoms with van der Waals surface area (Å²) in [5.41, 5.74) is 3.28. The monoisotopic (exact) mass is 412 g/mol. The molecule has 9 heteroatoms. The summed E-state index contributed by atoms with van der Waals surface area (Å²) in [6, 6.07) is 15.5. The van der Waals surface area contributed by atoms with Gasteiger partial charge in [0.25, 0.3) is 0 Å². The molecule has 28 heavy (non-hydrogen) atoms. The summed E-state index contributed by atoms with van der Waals surface area (Å²) in [7, 11) is 0. The number of aromatic nitrogens is 4. The molecule has 7 nitrogen and oxygen atoms in total. The first-order chi connectivity index (χ1) is 13.5. The number of carbonyl (C=O) groups is 1. The molecule has 2 aromatic carbocycles. The van der Waals surface area contributed by atoms with Crippen LogP contribution >= 0.6 is 23.2 Å². The van der Waals surface area contributed by atoms with E-state index < -0.39 is 6.03 Å². The Balaban J connectivity index is 1.55. The summed E-state index contributed by atoms with van der Waals surface area (Å²) in [6.07, 6.45) is 0. The maximum absolute atomic E-state index is 12.3. The third kappa shape index (κ3) is 3.76. The average molecular weight is 413 g/mol. The molecule has 140 valence electrons. The predicted molar refractivity (Wildman–Crippen MR) is 110 cm³/mol. The third-order valence-corrected chi connectivity index (χ3v) is 4.58. The van der Waals surface area contributed by atoms with Gasteiger partial charge in [-0.3, -0.25) is 0 Å². The van der Waals surface area contributed by atoms with E-state index in [9.17, 15) is 4.79 Å². The topological polar surface area (TPSA) is 84.2 Å². The molecule has 2 amide bonds. The molecule has 0 spiro atoms. The van der Waals surface area contributed by atoms with Crippen molar-refractivity contribution in [2.75, 3.05) is 10.6 Å². The molecule has 0 atom stereocenters. The highest BCUT2D eigenvalue weighted by atomic mass is 35.5. The van der Waals surface area contributed by atoms with Crippen LogP contribution in [0.4, 0.5) is 16.2 Å². The van der Waals surface area contributed by atoms with Crippen LogP contribution in [0.3, 0.4) is 0 Å². The molecule has 2 heterocycles. The van der Waals surface area contributed by atoms with E-state index in [1.165, 1.54) is 0 Å². The number of urea groups is 1. The number of hydrogen-bond acceptors (Lipinski definition) is 4. The smallest absolute Gasteiger partial charge is 0.308 e. The van der Waals surface area contributed by atoms with E-state index in [2.05, 4.69) is 25.9 Å². The SMILES string of the molecule is Cc1nnc2ccc(-c3cccc(NC(=O)Nc4cc(Cl)ccc4Cl)c3)nn12. The van der Waals surface area contributed by atoms with Gasteiger partial charge in [0.15, 0.2) is 11.5 Å². The molecule has 0 aliphatic carbocycles. The lowest BCUT2D eigenvalue weighted by Gasteiger charge is -2.10. The summed E-state index contributed by atoms with van der Waals surface area (Å²) < 4.78 is 1.67. The third-order valence-electron chi connectivity index (χ3n) is 4.01. The first-order valence-corrected chi connectivity index (χ1v) is 9.08. The molecule has 0 unspecified atom stereocenters. The van der Waals surface area contributed by atoms with E-state index in [0.717, 1.165) is 11.3 Å². The Hall–Kier alpha value is -3.16. The summed E-state index contributed by atoms with van der Waals surface area (Å²) in [5.74, 6) is 0.698. The van der Waals surface area contributed by atoms with Gasteiger partial charge in [-0.05, 0) is 49.4 Å². The van der Waals surface area contributed by atoms with E-state index >= 15 is 0 Å². The van der Waals surface area contributed by atoms with Crippen molar-refractivity contribution in [1.29, 1.82) is 0 Å². The van der Waals surface area contributed by atoms with Crippen molar-refractivity contribution in [3.8, 4) is 11.3 Å². The summed E-state index contributed by atoms with van der Waals surface area (Å²) >= 11 is 12.0. The Kier molecular flexibility index (Phi) is 4.85. The van der Waals surface area contributed by atoms with Crippen molar-refractivity contribution in [1.82, 2.24) is 19.8 Å². The van der Waals surface area contributed by atoms with Crippen LogP contribution in [0.25, 0.3) is 16.9 Å². The second kappa shape index (κ2) is 7.46. The maximum atomic E-state index is 12.3. The molecule has 2 aromatic heterocycles. The number of amides is 2. The molecule has 0 aliphatic heterocycles. The fraction of sp³-hybridized carbons (Fsp3) is 0.0526. The number of anilines is 2. The zero-order chi connectivity index (χ0) is 19.7. The van der Waals surface area contributed by atoms with Gasteiger partial charge in [0.05, 0.1) is 16.4 Å². The van der Waals surface area contributed by atoms with Gasteiger partial charge in [0.2, 0.25) is 0 Å². The molecular weight excluding hydrogens is 399 g/mol. The molecule has 0 aliphatic rings. The van der Waals surface area contributed by atoms with E-state index in [1.807, 2.05) is 37.3 Å². The van der Waals surface area contributed by atoms with Gasteiger partial charge in [-0.1, -0.05) is 35.3 Å². The van der Waals surface area contributed by atoms with Gasteiger partial charge in [0.1, 0.15) is 0 Å². The number of halogens is 2. The molecular formula is C19H14Cl2N6O. The molecule has 0 radical (unpaired) electrons. The maximum Gasteiger partial charge on any atom is 0.323 e. The highest BCUT2D eigenvalue weighted by Crippen LogP contribution is 2.26. The Morgan fingerprint density at radius 1 is 1.00 bits per heavy atom. The van der Waals surface area contributed by atoms with Gasteiger partial charge < -0.3 is 10.6 Å². The van der Waals surface area contributed by atoms with Crippen molar-refractivity contribution in [3.05, 3.63) is 70.5 Å². The first kappa shape index (κ1) is 18.2. The normalized spacial score (nSPS) is 10.8. The number of aryl methyl sites for hydroxylation is 1. The van der Waals surface area contributed by atoms with Crippen LogP contribution in [0.15, 0.2) is 54.6 Å². The van der Waals surface area contributed by atoms with E-state index in [4.69, 9.17) is 23.2 Å². The molecule has 2 N–H and O–H groups in total. The summed E-state index contributed by atoms with van der Waals surface area (Å²) in [6.45, 7) is 1.83. The standard InChI is InChI=1S/C19H14Cl2N6O/c1-11-24-25-18-8-7-16(26-27(11)18)12-3-2-4-14(9-12)22-19(28)23-17-10-13(20)5-6-15(17)21/h2-10H,1H3,(H2,22,23,28). The number of nitrogens with one attached hydrogen (secondary N) is 2. The highest BCUT2D eigenvalue weighted by molar-refractivity contribution is 6.35. The van der Waals surface area contributed by atoms with Gasteiger partial charge >= 0.3 is 6.03 Å². The lowest BCUT2D eigenvalue weighted by atomic mass is 10.1. The van der Waals surface area contributed by atoms with Crippen molar-refractivity contribution in [2.45, 2.75) is 6.92 Å². The zero-order valence-corrected chi connectivity index (χ0v) is 16.2. The number of carbonyl (C=O) groups excluding carboxylic acids is 1. The Morgan fingerprint density at radius 3 is 2.71 bits per heavy atom. The van der Waals surface area contributed by atoms with E-state index in [-0.39, 0.29) is 0 Å². The van der Waals surface area contributed by atoms with Crippen molar-refractivity contribution in [2.24, 2.45) is 0 Å². The van der Waals surface area contributed by atoms with Crippen LogP contribution in [0.2, 0.25) is 10.0 Å². The molecule has 4 rings (SSSR count). The molecule has 0 saturated carbocycles. The lowest BCUT2D eigenvalue weighted by Crippen LogP contribution is -2.19. The average Bonchev–Trinajstić information content (AvgIpc) is 3.05. The van der Waals surface area contributed by atoms with Crippen LogP contribution in [-0.4, -0.2) is 25.8 Å². The van der Waals surface area contributed by atoms with Gasteiger partial charge in [-0.2, -0.15) is 9.61 Å². The van der Waals surface area contributed by atoms with Crippen LogP contribution in [0.5, 0.6) is 0 Å². The van der Waals surface area contributed by atoms with Crippen LogP contribution in [0.1, 0.15) is 5.82 Å². The van der Waals surface area contributed by atoms with Crippen LogP contribution in [-0.2, 0) is 0 Å². The number of rotatable bonds is 3. The number of nitrogens with zero attached hydrogens (tertiary/aromatic N) is 4. The minimum atomic E-state index is -0.431. The van der Waals surface area contributed by atoms with Crippen molar-refractivity contribution in [3.63, 3.8) is 0 Å². The second-order valence-corrected chi connectivity index (χ2v) is 6.86. The highest BCUT2D eigenvalue weighted by Gasteiger charge is 2.09. The molecule has 4 aromatic rings. The minimum absolute atomic E-state index is 0.398. The van der Waals surface area contributed by atoms with Crippen LogP contribution < -0.4 is 10.6 Å². The minimum Gasteiger partial charge on any atom is -0.308 e. The second-order valence-electron chi connectivity index (χ2n) is 6.02. The molecule has 0 bridgehead atoms. The molecule has 0 saturated heterocycles. The predicted octanol–water partition coefficient (Wildman–Crippen LogP) is 5.05. The van der Waals surface area contributed by atoms with Gasteiger partial charge in [-0.25, -0.2) is 4.79 Å². The van der Waals surface area contributed by atoms with Crippen molar-refractivity contribution < 1.29 is 4.79 Å². The Labute approximate surface area is 170 Å². The number of hydrogen-bond donors (Lipinski definition) is 2. The summed E-state index contributed by atoms with van der Waals surface area (Å²) in [4.78, 5) is 12.3. The number of fused-ring (bicyclic) bond motifs is 1. The number of benzene rings is 2. The van der Waals surface area contributed by atoms with Gasteiger partial charge in [-0.15, -0.1) is 10.2 Å². The fourth-order valence-electron chi connectivity index (χ4n) is 2.68. The quantitative estimate of drug-likeness (QED) is 0.492.